The Kier molecular flexibility index (Phi) is 4.62. The first-order valence-electron chi connectivity index (χ1n) is 8.08. The van der Waals surface area contributed by atoms with Gasteiger partial charge in [-0.15, -0.1) is 5.10 Å². The average Bonchev–Trinajstić information content (AvgIpc) is 3.04. The Morgan fingerprint density at radius 1 is 1.20 bits per heavy atom. The van der Waals surface area contributed by atoms with Crippen molar-refractivity contribution in [2.24, 2.45) is 0 Å². The Labute approximate surface area is 146 Å². The molecule has 1 heterocycles. The number of nitriles is 1. The molecule has 2 aromatic carbocycles. The summed E-state index contributed by atoms with van der Waals surface area (Å²) in [6, 6.07) is 18.5. The first-order chi connectivity index (χ1) is 12.1. The Balaban J connectivity index is 1.86. The third-order valence-corrected chi connectivity index (χ3v) is 3.91. The zero-order valence-electron chi connectivity index (χ0n) is 14.2. The number of hydrogen-bond acceptors (Lipinski definition) is 3. The fourth-order valence-electron chi connectivity index (χ4n) is 2.60. The second kappa shape index (κ2) is 7.02. The topological polar surface area (TPSA) is 70.7 Å². The molecule has 1 amide bonds. The van der Waals surface area contributed by atoms with Crippen LogP contribution in [0.15, 0.2) is 54.6 Å². The van der Waals surface area contributed by atoms with Gasteiger partial charge >= 0.3 is 0 Å². The molecule has 0 aliphatic heterocycles. The van der Waals surface area contributed by atoms with Crippen LogP contribution in [0.1, 0.15) is 34.1 Å². The summed E-state index contributed by atoms with van der Waals surface area (Å²) in [5.41, 5.74) is 4.14. The lowest BCUT2D eigenvalue weighted by atomic mass is 10.1. The van der Waals surface area contributed by atoms with Gasteiger partial charge in [-0.2, -0.15) is 5.26 Å². The molecule has 0 aliphatic rings. The highest BCUT2D eigenvalue weighted by Crippen LogP contribution is 2.18. The molecule has 3 rings (SSSR count). The molecule has 0 fully saturated rings. The van der Waals surface area contributed by atoms with Crippen LogP contribution in [0.25, 0.3) is 5.69 Å². The Morgan fingerprint density at radius 2 is 1.96 bits per heavy atom. The van der Waals surface area contributed by atoms with E-state index >= 15 is 0 Å². The summed E-state index contributed by atoms with van der Waals surface area (Å²) in [4.78, 5) is 12.4. The smallest absolute Gasteiger partial charge is 0.256 e. The van der Waals surface area contributed by atoms with Gasteiger partial charge in [-0.1, -0.05) is 19.1 Å². The standard InChI is InChI=1S/C20H18N4O/c1-3-17-12-19(23-24(17)18-6-4-5-14(2)11-18)22-20(25)16-9-7-15(13-21)8-10-16/h4-12H,3H2,1-2H3,(H,22,23,25). The van der Waals surface area contributed by atoms with Crippen molar-refractivity contribution in [2.45, 2.75) is 20.3 Å². The normalized spacial score (nSPS) is 10.3. The minimum absolute atomic E-state index is 0.249. The van der Waals surface area contributed by atoms with Gasteiger partial charge in [0, 0.05) is 17.3 Å². The molecular formula is C20H18N4O. The second-order valence-electron chi connectivity index (χ2n) is 5.77. The van der Waals surface area contributed by atoms with Crippen LogP contribution in [0, 0.1) is 18.3 Å². The Bertz CT molecular complexity index is 949. The third kappa shape index (κ3) is 3.59. The molecule has 124 valence electrons. The number of nitrogens with one attached hydrogen (secondary N) is 1. The van der Waals surface area contributed by atoms with Gasteiger partial charge in [0.05, 0.1) is 17.3 Å². The molecule has 1 N–H and O–H groups in total. The van der Waals surface area contributed by atoms with E-state index in [1.165, 1.54) is 0 Å². The maximum atomic E-state index is 12.4. The molecule has 5 heteroatoms. The first kappa shape index (κ1) is 16.5. The maximum absolute atomic E-state index is 12.4. The van der Waals surface area contributed by atoms with E-state index in [2.05, 4.69) is 23.4 Å². The van der Waals surface area contributed by atoms with E-state index in [4.69, 9.17) is 5.26 Å². The Hall–Kier alpha value is -3.39. The summed E-state index contributed by atoms with van der Waals surface area (Å²) in [5.74, 6) is 0.258. The van der Waals surface area contributed by atoms with E-state index in [1.54, 1.807) is 24.3 Å². The quantitative estimate of drug-likeness (QED) is 0.789. The molecule has 5 nitrogen and oxygen atoms in total. The highest BCUT2D eigenvalue weighted by atomic mass is 16.1. The minimum Gasteiger partial charge on any atom is -0.305 e. The second-order valence-corrected chi connectivity index (χ2v) is 5.77. The van der Waals surface area contributed by atoms with Crippen LogP contribution >= 0.6 is 0 Å². The van der Waals surface area contributed by atoms with Crippen LogP contribution in [0.5, 0.6) is 0 Å². The molecule has 0 saturated heterocycles. The summed E-state index contributed by atoms with van der Waals surface area (Å²) >= 11 is 0. The summed E-state index contributed by atoms with van der Waals surface area (Å²) < 4.78 is 1.85. The molecule has 0 saturated carbocycles. The first-order valence-corrected chi connectivity index (χ1v) is 8.08. The molecule has 0 radical (unpaired) electrons. The van der Waals surface area contributed by atoms with E-state index in [0.717, 1.165) is 23.4 Å². The van der Waals surface area contributed by atoms with Gasteiger partial charge in [0.2, 0.25) is 0 Å². The fourth-order valence-corrected chi connectivity index (χ4v) is 2.60. The van der Waals surface area contributed by atoms with Crippen molar-refractivity contribution in [1.82, 2.24) is 9.78 Å². The van der Waals surface area contributed by atoms with E-state index in [1.807, 2.05) is 41.9 Å². The van der Waals surface area contributed by atoms with Gasteiger partial charge in [0.15, 0.2) is 5.82 Å². The lowest BCUT2D eigenvalue weighted by Gasteiger charge is -2.06. The molecule has 0 unspecified atom stereocenters. The van der Waals surface area contributed by atoms with Gasteiger partial charge in [-0.05, 0) is 55.3 Å². The van der Waals surface area contributed by atoms with Crippen molar-refractivity contribution in [1.29, 1.82) is 5.26 Å². The fraction of sp³-hybridized carbons (Fsp3) is 0.150. The van der Waals surface area contributed by atoms with Crippen molar-refractivity contribution in [3.63, 3.8) is 0 Å². The highest BCUT2D eigenvalue weighted by molar-refractivity contribution is 6.03. The predicted octanol–water partition coefficient (Wildman–Crippen LogP) is 3.87. The number of nitrogens with zero attached hydrogens (tertiary/aromatic N) is 3. The van der Waals surface area contributed by atoms with Crippen LogP contribution in [0.3, 0.4) is 0 Å². The largest absolute Gasteiger partial charge is 0.305 e. The number of aryl methyl sites for hydroxylation is 2. The van der Waals surface area contributed by atoms with Crippen molar-refractivity contribution >= 4 is 11.7 Å². The van der Waals surface area contributed by atoms with Gasteiger partial charge < -0.3 is 5.32 Å². The van der Waals surface area contributed by atoms with E-state index < -0.39 is 0 Å². The van der Waals surface area contributed by atoms with Crippen molar-refractivity contribution in [2.75, 3.05) is 5.32 Å². The molecule has 0 bridgehead atoms. The number of aromatic nitrogens is 2. The lowest BCUT2D eigenvalue weighted by Crippen LogP contribution is -2.12. The molecule has 0 spiro atoms. The van der Waals surface area contributed by atoms with Crippen LogP contribution in [0.2, 0.25) is 0 Å². The summed E-state index contributed by atoms with van der Waals surface area (Å²) in [6.45, 7) is 4.09. The predicted molar refractivity (Wildman–Crippen MR) is 96.8 cm³/mol. The minimum atomic E-state index is -0.249. The number of rotatable bonds is 4. The van der Waals surface area contributed by atoms with Crippen LogP contribution in [0.4, 0.5) is 5.82 Å². The summed E-state index contributed by atoms with van der Waals surface area (Å²) in [6.07, 6.45) is 0.799. The Morgan fingerprint density at radius 3 is 2.60 bits per heavy atom. The highest BCUT2D eigenvalue weighted by Gasteiger charge is 2.12. The van der Waals surface area contributed by atoms with E-state index in [9.17, 15) is 4.79 Å². The molecule has 3 aromatic rings. The van der Waals surface area contributed by atoms with Gasteiger partial charge in [0.1, 0.15) is 0 Å². The third-order valence-electron chi connectivity index (χ3n) is 3.91. The molecular weight excluding hydrogens is 312 g/mol. The van der Waals surface area contributed by atoms with Crippen LogP contribution in [-0.2, 0) is 6.42 Å². The maximum Gasteiger partial charge on any atom is 0.256 e. The van der Waals surface area contributed by atoms with Gasteiger partial charge in [0.25, 0.3) is 5.91 Å². The average molecular weight is 330 g/mol. The van der Waals surface area contributed by atoms with Crippen LogP contribution < -0.4 is 5.32 Å². The van der Waals surface area contributed by atoms with Crippen molar-refractivity contribution < 1.29 is 4.79 Å². The summed E-state index contributed by atoms with van der Waals surface area (Å²) in [5, 5.41) is 16.2. The van der Waals surface area contributed by atoms with Crippen molar-refractivity contribution in [3.05, 3.63) is 77.0 Å². The van der Waals surface area contributed by atoms with Gasteiger partial charge in [-0.3, -0.25) is 4.79 Å². The van der Waals surface area contributed by atoms with E-state index in [0.29, 0.717) is 16.9 Å². The number of hydrogen-bond donors (Lipinski definition) is 1. The zero-order valence-corrected chi connectivity index (χ0v) is 14.2. The number of amides is 1. The van der Waals surface area contributed by atoms with Gasteiger partial charge in [-0.25, -0.2) is 4.68 Å². The molecule has 25 heavy (non-hydrogen) atoms. The number of carbonyl (C=O) groups is 1. The SMILES string of the molecule is CCc1cc(NC(=O)c2ccc(C#N)cc2)nn1-c1cccc(C)c1. The van der Waals surface area contributed by atoms with E-state index in [-0.39, 0.29) is 5.91 Å². The zero-order chi connectivity index (χ0) is 17.8. The lowest BCUT2D eigenvalue weighted by molar-refractivity contribution is 0.102. The number of carbonyl (C=O) groups excluding carboxylic acids is 1. The summed E-state index contributed by atoms with van der Waals surface area (Å²) in [7, 11) is 0. The molecule has 0 aliphatic carbocycles. The number of benzene rings is 2. The monoisotopic (exact) mass is 330 g/mol. The molecule has 0 atom stereocenters. The number of anilines is 1. The molecule has 1 aromatic heterocycles. The van der Waals surface area contributed by atoms with Crippen LogP contribution in [-0.4, -0.2) is 15.7 Å². The van der Waals surface area contributed by atoms with Crippen molar-refractivity contribution in [3.8, 4) is 11.8 Å².